The van der Waals surface area contributed by atoms with Gasteiger partial charge >= 0.3 is 18.0 Å². The summed E-state index contributed by atoms with van der Waals surface area (Å²) in [5, 5.41) is 2.70. The van der Waals surface area contributed by atoms with E-state index in [4.69, 9.17) is 14.2 Å². The van der Waals surface area contributed by atoms with Gasteiger partial charge in [-0.25, -0.2) is 14.4 Å². The predicted octanol–water partition coefficient (Wildman–Crippen LogP) is 6.81. The monoisotopic (exact) mass is 557 g/mol. The van der Waals surface area contributed by atoms with E-state index in [1.165, 1.54) is 6.08 Å². The van der Waals surface area contributed by atoms with Gasteiger partial charge in [-0.3, -0.25) is 0 Å². The van der Waals surface area contributed by atoms with Gasteiger partial charge in [0.05, 0.1) is 0 Å². The second-order valence-electron chi connectivity index (χ2n) is 11.6. The highest BCUT2D eigenvalue weighted by atomic mass is 16.6. The summed E-state index contributed by atoms with van der Waals surface area (Å²) in [6.07, 6.45) is 1.83. The zero-order valence-corrected chi connectivity index (χ0v) is 24.5. The molecule has 1 amide bonds. The lowest BCUT2D eigenvalue weighted by Gasteiger charge is -2.25. The van der Waals surface area contributed by atoms with Crippen LogP contribution < -0.4 is 5.32 Å². The topological polar surface area (TPSA) is 90.9 Å². The molecule has 0 aliphatic carbocycles. The molecule has 0 aliphatic rings. The molecule has 1 atom stereocenters. The van der Waals surface area contributed by atoms with Gasteiger partial charge in [-0.15, -0.1) is 0 Å². The molecule has 216 valence electrons. The lowest BCUT2D eigenvalue weighted by atomic mass is 10.0. The van der Waals surface area contributed by atoms with E-state index in [0.29, 0.717) is 0 Å². The van der Waals surface area contributed by atoms with Crippen molar-refractivity contribution in [2.45, 2.75) is 71.3 Å². The van der Waals surface area contributed by atoms with Crippen LogP contribution >= 0.6 is 0 Å². The van der Waals surface area contributed by atoms with Gasteiger partial charge in [0.1, 0.15) is 17.2 Å². The first-order chi connectivity index (χ1) is 19.3. The number of carbonyl (C=O) groups is 3. The van der Waals surface area contributed by atoms with Crippen LogP contribution in [0.15, 0.2) is 91.0 Å². The van der Waals surface area contributed by atoms with Crippen molar-refractivity contribution in [3.8, 4) is 0 Å². The summed E-state index contributed by atoms with van der Waals surface area (Å²) in [4.78, 5) is 38.3. The van der Waals surface area contributed by atoms with Crippen molar-refractivity contribution in [1.29, 1.82) is 0 Å². The Balaban J connectivity index is 1.81. The lowest BCUT2D eigenvalue weighted by molar-refractivity contribution is -0.150. The van der Waals surface area contributed by atoms with Crippen molar-refractivity contribution in [3.63, 3.8) is 0 Å². The molecule has 7 nitrogen and oxygen atoms in total. The Morgan fingerprint density at radius 1 is 0.732 bits per heavy atom. The van der Waals surface area contributed by atoms with E-state index in [1.54, 1.807) is 26.8 Å². The van der Waals surface area contributed by atoms with Crippen LogP contribution in [0, 0.1) is 0 Å². The summed E-state index contributed by atoms with van der Waals surface area (Å²) < 4.78 is 16.8. The average molecular weight is 558 g/mol. The zero-order chi connectivity index (χ0) is 30.0. The van der Waals surface area contributed by atoms with Crippen LogP contribution in [0.25, 0.3) is 6.08 Å². The van der Waals surface area contributed by atoms with Gasteiger partial charge in [0.25, 0.3) is 0 Å². The Morgan fingerprint density at radius 3 is 1.73 bits per heavy atom. The quantitative estimate of drug-likeness (QED) is 0.177. The van der Waals surface area contributed by atoms with Crippen LogP contribution in [-0.4, -0.2) is 35.3 Å². The molecule has 0 radical (unpaired) electrons. The number of benzene rings is 3. The fourth-order valence-corrected chi connectivity index (χ4v) is 3.93. The van der Waals surface area contributed by atoms with Gasteiger partial charge in [0.15, 0.2) is 6.10 Å². The maximum absolute atomic E-state index is 13.6. The number of rotatable bonds is 9. The van der Waals surface area contributed by atoms with Crippen LogP contribution in [0.4, 0.5) is 4.79 Å². The van der Waals surface area contributed by atoms with Gasteiger partial charge in [-0.1, -0.05) is 84.9 Å². The third kappa shape index (κ3) is 11.0. The summed E-state index contributed by atoms with van der Waals surface area (Å²) >= 11 is 0. The number of amides is 1. The molecule has 0 aromatic heterocycles. The summed E-state index contributed by atoms with van der Waals surface area (Å²) in [7, 11) is 0. The van der Waals surface area contributed by atoms with E-state index in [9.17, 15) is 14.4 Å². The standard InChI is InChI=1S/C34H39NO6/c1-33(2,3)40-29(36)22-21-24-17-19-25(20-18-24)23-28(35-32(38)41-34(4,5)6)31(37)39-30(26-13-9-7-10-14-26)27-15-11-8-12-16-27/h7-22,28,30H,23H2,1-6H3,(H,35,38). The first kappa shape index (κ1) is 31.1. The molecule has 0 saturated carbocycles. The molecule has 41 heavy (non-hydrogen) atoms. The Hall–Kier alpha value is -4.39. The maximum Gasteiger partial charge on any atom is 0.408 e. The van der Waals surface area contributed by atoms with Crippen LogP contribution in [0.1, 0.15) is 69.9 Å². The Bertz CT molecular complexity index is 1280. The van der Waals surface area contributed by atoms with E-state index in [-0.39, 0.29) is 6.42 Å². The van der Waals surface area contributed by atoms with Gasteiger partial charge in [0.2, 0.25) is 0 Å². The number of carbonyl (C=O) groups excluding carboxylic acids is 3. The van der Waals surface area contributed by atoms with Crippen molar-refractivity contribution in [2.75, 3.05) is 0 Å². The molecule has 0 spiro atoms. The summed E-state index contributed by atoms with van der Waals surface area (Å²) in [5.74, 6) is -1.03. The second kappa shape index (κ2) is 13.8. The molecule has 0 heterocycles. The van der Waals surface area contributed by atoms with Gasteiger partial charge in [0, 0.05) is 12.5 Å². The van der Waals surface area contributed by atoms with E-state index in [0.717, 1.165) is 22.3 Å². The van der Waals surface area contributed by atoms with Crippen LogP contribution in [0.2, 0.25) is 0 Å². The molecular formula is C34H39NO6. The van der Waals surface area contributed by atoms with Crippen molar-refractivity contribution in [3.05, 3.63) is 113 Å². The van der Waals surface area contributed by atoms with Crippen molar-refractivity contribution >= 4 is 24.1 Å². The predicted molar refractivity (Wildman–Crippen MR) is 159 cm³/mol. The third-order valence-electron chi connectivity index (χ3n) is 5.65. The van der Waals surface area contributed by atoms with Crippen molar-refractivity contribution < 1.29 is 28.6 Å². The molecule has 7 heteroatoms. The molecule has 0 bridgehead atoms. The summed E-state index contributed by atoms with van der Waals surface area (Å²) in [6, 6.07) is 25.2. The minimum absolute atomic E-state index is 0.171. The van der Waals surface area contributed by atoms with E-state index < -0.39 is 41.4 Å². The van der Waals surface area contributed by atoms with E-state index in [1.807, 2.05) is 106 Å². The fourth-order valence-electron chi connectivity index (χ4n) is 3.93. The Morgan fingerprint density at radius 2 is 1.24 bits per heavy atom. The average Bonchev–Trinajstić information content (AvgIpc) is 2.90. The number of hydrogen-bond acceptors (Lipinski definition) is 6. The molecule has 1 N–H and O–H groups in total. The lowest BCUT2D eigenvalue weighted by Crippen LogP contribution is -2.45. The molecule has 3 rings (SSSR count). The first-order valence-electron chi connectivity index (χ1n) is 13.6. The summed E-state index contributed by atoms with van der Waals surface area (Å²) in [5.41, 5.74) is 1.88. The van der Waals surface area contributed by atoms with Crippen LogP contribution in [0.5, 0.6) is 0 Å². The Labute approximate surface area is 242 Å². The molecule has 0 fully saturated rings. The molecule has 0 saturated heterocycles. The SMILES string of the molecule is CC(C)(C)OC(=O)C=Cc1ccc(CC(NC(=O)OC(C)(C)C)C(=O)OC(c2ccccc2)c2ccccc2)cc1. The van der Waals surface area contributed by atoms with Crippen molar-refractivity contribution in [2.24, 2.45) is 0 Å². The maximum atomic E-state index is 13.6. The summed E-state index contributed by atoms with van der Waals surface area (Å²) in [6.45, 7) is 10.7. The number of ether oxygens (including phenoxy) is 3. The molecular weight excluding hydrogens is 518 g/mol. The Kier molecular flexibility index (Phi) is 10.5. The first-order valence-corrected chi connectivity index (χ1v) is 13.6. The smallest absolute Gasteiger partial charge is 0.408 e. The number of alkyl carbamates (subject to hydrolysis) is 1. The normalized spacial score (nSPS) is 12.6. The minimum Gasteiger partial charge on any atom is -0.457 e. The van der Waals surface area contributed by atoms with E-state index >= 15 is 0 Å². The van der Waals surface area contributed by atoms with E-state index in [2.05, 4.69) is 5.32 Å². The molecule has 3 aromatic rings. The number of esters is 2. The minimum atomic E-state index is -1.01. The number of nitrogens with one attached hydrogen (secondary N) is 1. The van der Waals surface area contributed by atoms with Crippen LogP contribution in [-0.2, 0) is 30.2 Å². The molecule has 3 aromatic carbocycles. The van der Waals surface area contributed by atoms with Crippen molar-refractivity contribution in [1.82, 2.24) is 5.32 Å². The van der Waals surface area contributed by atoms with Gasteiger partial charge in [-0.05, 0) is 69.9 Å². The van der Waals surface area contributed by atoms with Gasteiger partial charge < -0.3 is 19.5 Å². The second-order valence-corrected chi connectivity index (χ2v) is 11.6. The molecule has 1 unspecified atom stereocenters. The van der Waals surface area contributed by atoms with Gasteiger partial charge in [-0.2, -0.15) is 0 Å². The number of hydrogen-bond donors (Lipinski definition) is 1. The highest BCUT2D eigenvalue weighted by Gasteiger charge is 2.29. The largest absolute Gasteiger partial charge is 0.457 e. The van der Waals surface area contributed by atoms with Crippen LogP contribution in [0.3, 0.4) is 0 Å². The third-order valence-corrected chi connectivity index (χ3v) is 5.65. The highest BCUT2D eigenvalue weighted by molar-refractivity contribution is 5.87. The highest BCUT2D eigenvalue weighted by Crippen LogP contribution is 2.27. The fraction of sp³-hybridized carbons (Fsp3) is 0.324. The zero-order valence-electron chi connectivity index (χ0n) is 24.5. The molecule has 0 aliphatic heterocycles.